The maximum Gasteiger partial charge on any atom is 0.326 e. The summed E-state index contributed by atoms with van der Waals surface area (Å²) in [6.07, 6.45) is 1.42. The Balaban J connectivity index is 2.72. The van der Waals surface area contributed by atoms with Crippen molar-refractivity contribution in [3.63, 3.8) is 0 Å². The van der Waals surface area contributed by atoms with E-state index in [1.165, 1.54) is 11.9 Å². The van der Waals surface area contributed by atoms with Crippen molar-refractivity contribution in [2.75, 3.05) is 13.6 Å². The number of carboxylic acid groups (broad SMARTS) is 1. The van der Waals surface area contributed by atoms with Crippen molar-refractivity contribution in [1.29, 1.82) is 0 Å². The van der Waals surface area contributed by atoms with Gasteiger partial charge in [-0.05, 0) is 18.8 Å². The average molecular weight is 200 g/mol. The number of piperidine rings is 1. The van der Waals surface area contributed by atoms with Crippen molar-refractivity contribution < 1.29 is 14.7 Å². The van der Waals surface area contributed by atoms with Crippen LogP contribution >= 0.6 is 0 Å². The van der Waals surface area contributed by atoms with Gasteiger partial charge in [-0.15, -0.1) is 0 Å². The van der Waals surface area contributed by atoms with Crippen LogP contribution in [0.4, 0.5) is 4.79 Å². The predicted octanol–water partition coefficient (Wildman–Crippen LogP) is 0.511. The van der Waals surface area contributed by atoms with Crippen molar-refractivity contribution in [2.45, 2.75) is 25.8 Å². The van der Waals surface area contributed by atoms with Crippen LogP contribution in [0.15, 0.2) is 0 Å². The van der Waals surface area contributed by atoms with E-state index in [9.17, 15) is 9.59 Å². The van der Waals surface area contributed by atoms with Gasteiger partial charge in [0.05, 0.1) is 0 Å². The van der Waals surface area contributed by atoms with Gasteiger partial charge in [0, 0.05) is 13.6 Å². The third kappa shape index (κ3) is 2.16. The lowest BCUT2D eigenvalue weighted by molar-refractivity contribution is -0.143. The van der Waals surface area contributed by atoms with Crippen LogP contribution in [0.3, 0.4) is 0 Å². The summed E-state index contributed by atoms with van der Waals surface area (Å²) >= 11 is 0. The van der Waals surface area contributed by atoms with Gasteiger partial charge in [-0.25, -0.2) is 9.59 Å². The number of carbonyl (C=O) groups excluding carboxylic acids is 1. The molecular weight excluding hydrogens is 184 g/mol. The van der Waals surface area contributed by atoms with Crippen molar-refractivity contribution in [3.05, 3.63) is 0 Å². The van der Waals surface area contributed by atoms with Gasteiger partial charge in [-0.2, -0.15) is 0 Å². The van der Waals surface area contributed by atoms with Crippen LogP contribution in [0, 0.1) is 5.92 Å². The molecule has 0 spiro atoms. The zero-order chi connectivity index (χ0) is 10.7. The molecule has 0 radical (unpaired) electrons. The van der Waals surface area contributed by atoms with Crippen LogP contribution in [0.1, 0.15) is 19.8 Å². The summed E-state index contributed by atoms with van der Waals surface area (Å²) in [6.45, 7) is 2.54. The molecule has 0 saturated carbocycles. The van der Waals surface area contributed by atoms with Crippen molar-refractivity contribution in [2.24, 2.45) is 5.92 Å². The summed E-state index contributed by atoms with van der Waals surface area (Å²) < 4.78 is 0. The second kappa shape index (κ2) is 4.30. The first kappa shape index (κ1) is 10.8. The number of amides is 2. The number of nitrogens with one attached hydrogen (secondary N) is 1. The van der Waals surface area contributed by atoms with Gasteiger partial charge in [-0.3, -0.25) is 0 Å². The molecule has 0 aliphatic carbocycles. The van der Waals surface area contributed by atoms with E-state index in [-0.39, 0.29) is 6.03 Å². The van der Waals surface area contributed by atoms with Crippen LogP contribution in [0.25, 0.3) is 0 Å². The summed E-state index contributed by atoms with van der Waals surface area (Å²) in [7, 11) is 1.51. The van der Waals surface area contributed by atoms with E-state index in [0.29, 0.717) is 18.9 Å². The van der Waals surface area contributed by atoms with Gasteiger partial charge in [0.1, 0.15) is 6.04 Å². The molecule has 1 fully saturated rings. The SMILES string of the molecule is CNC(=O)N1CCC(C)CC1C(=O)O. The van der Waals surface area contributed by atoms with E-state index in [1.54, 1.807) is 0 Å². The molecular formula is C9H16N2O3. The van der Waals surface area contributed by atoms with Crippen LogP contribution in [0.5, 0.6) is 0 Å². The summed E-state index contributed by atoms with van der Waals surface area (Å²) in [5.74, 6) is -0.544. The molecule has 2 unspecified atom stereocenters. The van der Waals surface area contributed by atoms with E-state index in [0.717, 1.165) is 6.42 Å². The molecule has 1 rings (SSSR count). The molecule has 2 atom stereocenters. The fourth-order valence-electron chi connectivity index (χ4n) is 1.76. The highest BCUT2D eigenvalue weighted by molar-refractivity contribution is 5.82. The van der Waals surface area contributed by atoms with Gasteiger partial charge >= 0.3 is 12.0 Å². The fraction of sp³-hybridized carbons (Fsp3) is 0.778. The Hall–Kier alpha value is -1.26. The second-order valence-corrected chi connectivity index (χ2v) is 3.73. The number of nitrogens with zero attached hydrogens (tertiary/aromatic N) is 1. The first-order chi connectivity index (χ1) is 6.56. The normalized spacial score (nSPS) is 27.1. The highest BCUT2D eigenvalue weighted by Crippen LogP contribution is 2.22. The molecule has 1 heterocycles. The molecule has 1 aliphatic heterocycles. The fourth-order valence-corrected chi connectivity index (χ4v) is 1.76. The van der Waals surface area contributed by atoms with E-state index >= 15 is 0 Å². The minimum atomic E-state index is -0.917. The Morgan fingerprint density at radius 1 is 1.50 bits per heavy atom. The number of hydrogen-bond donors (Lipinski definition) is 2. The molecule has 0 aromatic heterocycles. The molecule has 0 bridgehead atoms. The molecule has 5 heteroatoms. The Morgan fingerprint density at radius 2 is 2.14 bits per heavy atom. The standard InChI is InChI=1S/C9H16N2O3/c1-6-3-4-11(9(14)10-2)7(5-6)8(12)13/h6-7H,3-5H2,1-2H3,(H,10,14)(H,12,13). The number of aliphatic carboxylic acids is 1. The Labute approximate surface area is 83.1 Å². The van der Waals surface area contributed by atoms with Crippen LogP contribution in [0.2, 0.25) is 0 Å². The maximum atomic E-state index is 11.3. The Morgan fingerprint density at radius 3 is 2.64 bits per heavy atom. The number of likely N-dealkylation sites (tertiary alicyclic amines) is 1. The van der Waals surface area contributed by atoms with Crippen LogP contribution < -0.4 is 5.32 Å². The zero-order valence-electron chi connectivity index (χ0n) is 8.49. The lowest BCUT2D eigenvalue weighted by Gasteiger charge is -2.35. The lowest BCUT2D eigenvalue weighted by Crippen LogP contribution is -2.52. The lowest BCUT2D eigenvalue weighted by atomic mass is 9.93. The monoisotopic (exact) mass is 200 g/mol. The number of rotatable bonds is 1. The molecule has 2 amide bonds. The number of carboxylic acids is 1. The molecule has 5 nitrogen and oxygen atoms in total. The Bertz CT molecular complexity index is 242. The molecule has 80 valence electrons. The first-order valence-corrected chi connectivity index (χ1v) is 4.77. The van der Waals surface area contributed by atoms with Gasteiger partial charge in [0.2, 0.25) is 0 Å². The number of hydrogen-bond acceptors (Lipinski definition) is 2. The summed E-state index contributed by atoms with van der Waals surface area (Å²) in [5, 5.41) is 11.4. The predicted molar refractivity (Wildman–Crippen MR) is 51.0 cm³/mol. The van der Waals surface area contributed by atoms with Gasteiger partial charge in [0.25, 0.3) is 0 Å². The smallest absolute Gasteiger partial charge is 0.326 e. The maximum absolute atomic E-state index is 11.3. The zero-order valence-corrected chi connectivity index (χ0v) is 8.49. The van der Waals surface area contributed by atoms with E-state index < -0.39 is 12.0 Å². The van der Waals surface area contributed by atoms with E-state index in [2.05, 4.69) is 5.32 Å². The highest BCUT2D eigenvalue weighted by Gasteiger charge is 2.34. The van der Waals surface area contributed by atoms with Crippen LogP contribution in [-0.2, 0) is 4.79 Å². The van der Waals surface area contributed by atoms with Gasteiger partial charge < -0.3 is 15.3 Å². The molecule has 0 aromatic carbocycles. The topological polar surface area (TPSA) is 69.6 Å². The molecule has 1 saturated heterocycles. The van der Waals surface area contributed by atoms with Gasteiger partial charge in [0.15, 0.2) is 0 Å². The molecule has 14 heavy (non-hydrogen) atoms. The van der Waals surface area contributed by atoms with E-state index in [4.69, 9.17) is 5.11 Å². The molecule has 1 aliphatic rings. The van der Waals surface area contributed by atoms with Crippen molar-refractivity contribution in [1.82, 2.24) is 10.2 Å². The third-order valence-electron chi connectivity index (χ3n) is 2.62. The highest BCUT2D eigenvalue weighted by atomic mass is 16.4. The quantitative estimate of drug-likeness (QED) is 0.648. The second-order valence-electron chi connectivity index (χ2n) is 3.73. The molecule has 0 aromatic rings. The minimum Gasteiger partial charge on any atom is -0.480 e. The first-order valence-electron chi connectivity index (χ1n) is 4.77. The number of carbonyl (C=O) groups is 2. The summed E-state index contributed by atoms with van der Waals surface area (Å²) in [6, 6.07) is -0.969. The number of urea groups is 1. The van der Waals surface area contributed by atoms with Crippen molar-refractivity contribution in [3.8, 4) is 0 Å². The summed E-state index contributed by atoms with van der Waals surface area (Å²) in [5.41, 5.74) is 0. The van der Waals surface area contributed by atoms with Crippen molar-refractivity contribution >= 4 is 12.0 Å². The average Bonchev–Trinajstić information content (AvgIpc) is 2.16. The van der Waals surface area contributed by atoms with Crippen LogP contribution in [-0.4, -0.2) is 41.6 Å². The minimum absolute atomic E-state index is 0.302. The summed E-state index contributed by atoms with van der Waals surface area (Å²) in [4.78, 5) is 23.6. The Kier molecular flexibility index (Phi) is 3.33. The van der Waals surface area contributed by atoms with E-state index in [1.807, 2.05) is 6.92 Å². The molecule has 2 N–H and O–H groups in total. The largest absolute Gasteiger partial charge is 0.480 e. The third-order valence-corrected chi connectivity index (χ3v) is 2.62. The van der Waals surface area contributed by atoms with Gasteiger partial charge in [-0.1, -0.05) is 6.92 Å².